The highest BCUT2D eigenvalue weighted by Crippen LogP contribution is 2.08. The lowest BCUT2D eigenvalue weighted by Crippen LogP contribution is -2.47. The van der Waals surface area contributed by atoms with Crippen molar-refractivity contribution in [3.63, 3.8) is 0 Å². The molecule has 3 N–H and O–H groups in total. The van der Waals surface area contributed by atoms with Gasteiger partial charge in [-0.05, 0) is 24.2 Å². The molecular weight excluding hydrogens is 232 g/mol. The molecule has 106 valence electrons. The molecule has 0 aromatic carbocycles. The van der Waals surface area contributed by atoms with E-state index in [9.17, 15) is 9.59 Å². The monoisotopic (exact) mass is 258 g/mol. The van der Waals surface area contributed by atoms with E-state index in [0.29, 0.717) is 24.8 Å². The number of hydrogen-bond acceptors (Lipinski definition) is 2. The molecule has 0 heterocycles. The van der Waals surface area contributed by atoms with Gasteiger partial charge in [0.05, 0.1) is 0 Å². The fourth-order valence-corrected chi connectivity index (χ4v) is 1.39. The van der Waals surface area contributed by atoms with Crippen LogP contribution in [0.1, 0.15) is 41.0 Å². The van der Waals surface area contributed by atoms with Crippen LogP contribution in [-0.4, -0.2) is 29.7 Å². The number of amides is 2. The second kappa shape index (κ2) is 7.95. The maximum Gasteiger partial charge on any atom is 0.326 e. The Morgan fingerprint density at radius 2 is 1.67 bits per heavy atom. The average Bonchev–Trinajstić information content (AvgIpc) is 2.23. The number of rotatable bonds is 7. The Kier molecular flexibility index (Phi) is 7.39. The molecule has 1 unspecified atom stereocenters. The summed E-state index contributed by atoms with van der Waals surface area (Å²) in [4.78, 5) is 22.6. The fraction of sp³-hybridized carbons (Fsp3) is 0.846. The average molecular weight is 258 g/mol. The normalized spacial score (nSPS) is 14.4. The molecule has 18 heavy (non-hydrogen) atoms. The maximum atomic E-state index is 11.6. The Balaban J connectivity index is 4.14. The first-order valence-electron chi connectivity index (χ1n) is 6.51. The first-order valence-corrected chi connectivity index (χ1v) is 6.51. The molecular formula is C13H26N2O3. The summed E-state index contributed by atoms with van der Waals surface area (Å²) in [5, 5.41) is 14.2. The van der Waals surface area contributed by atoms with Crippen LogP contribution in [0, 0.1) is 17.8 Å². The number of carbonyl (C=O) groups excluding carboxylic acids is 1. The number of carboxylic acid groups (broad SMARTS) is 1. The van der Waals surface area contributed by atoms with Gasteiger partial charge >= 0.3 is 12.0 Å². The Labute approximate surface area is 109 Å². The Morgan fingerprint density at radius 3 is 2.06 bits per heavy atom. The number of nitrogens with one attached hydrogen (secondary N) is 2. The van der Waals surface area contributed by atoms with E-state index in [1.807, 2.05) is 20.8 Å². The largest absolute Gasteiger partial charge is 0.480 e. The second-order valence-corrected chi connectivity index (χ2v) is 5.60. The van der Waals surface area contributed by atoms with Crippen molar-refractivity contribution >= 4 is 12.0 Å². The van der Waals surface area contributed by atoms with Crippen LogP contribution in [0.2, 0.25) is 0 Å². The summed E-state index contributed by atoms with van der Waals surface area (Å²) < 4.78 is 0. The van der Waals surface area contributed by atoms with Crippen LogP contribution in [0.4, 0.5) is 4.79 Å². The van der Waals surface area contributed by atoms with E-state index >= 15 is 0 Å². The number of aliphatic carboxylic acids is 1. The van der Waals surface area contributed by atoms with E-state index in [1.54, 1.807) is 0 Å². The van der Waals surface area contributed by atoms with Gasteiger partial charge in [-0.2, -0.15) is 0 Å². The predicted octanol–water partition coefficient (Wildman–Crippen LogP) is 2.08. The van der Waals surface area contributed by atoms with Crippen LogP contribution in [0.3, 0.4) is 0 Å². The zero-order valence-electron chi connectivity index (χ0n) is 12.0. The van der Waals surface area contributed by atoms with Crippen molar-refractivity contribution in [1.82, 2.24) is 10.6 Å². The lowest BCUT2D eigenvalue weighted by Gasteiger charge is -2.19. The van der Waals surface area contributed by atoms with Crippen molar-refractivity contribution in [2.75, 3.05) is 6.54 Å². The zero-order valence-corrected chi connectivity index (χ0v) is 12.0. The van der Waals surface area contributed by atoms with E-state index in [-0.39, 0.29) is 5.92 Å². The van der Waals surface area contributed by atoms with Crippen LogP contribution in [-0.2, 0) is 4.79 Å². The smallest absolute Gasteiger partial charge is 0.326 e. The van der Waals surface area contributed by atoms with Crippen molar-refractivity contribution in [2.24, 2.45) is 17.8 Å². The lowest BCUT2D eigenvalue weighted by molar-refractivity contribution is -0.139. The van der Waals surface area contributed by atoms with Gasteiger partial charge in [0.15, 0.2) is 0 Å². The third kappa shape index (κ3) is 7.14. The van der Waals surface area contributed by atoms with Gasteiger partial charge < -0.3 is 15.7 Å². The van der Waals surface area contributed by atoms with Gasteiger partial charge in [0.1, 0.15) is 6.04 Å². The summed E-state index contributed by atoms with van der Waals surface area (Å²) in [7, 11) is 0. The Morgan fingerprint density at radius 1 is 1.11 bits per heavy atom. The molecule has 0 aliphatic heterocycles. The van der Waals surface area contributed by atoms with Gasteiger partial charge in [0.2, 0.25) is 0 Å². The topological polar surface area (TPSA) is 78.4 Å². The minimum Gasteiger partial charge on any atom is -0.480 e. The van der Waals surface area contributed by atoms with Crippen LogP contribution in [0.15, 0.2) is 0 Å². The molecule has 0 bridgehead atoms. The molecule has 0 saturated heterocycles. The Bertz CT molecular complexity index is 277. The predicted molar refractivity (Wildman–Crippen MR) is 71.4 cm³/mol. The van der Waals surface area contributed by atoms with Gasteiger partial charge in [0, 0.05) is 6.54 Å². The summed E-state index contributed by atoms with van der Waals surface area (Å²) in [5.41, 5.74) is 0. The van der Waals surface area contributed by atoms with E-state index < -0.39 is 18.0 Å². The number of carboxylic acids is 1. The third-order valence-corrected chi connectivity index (χ3v) is 3.03. The van der Waals surface area contributed by atoms with Crippen molar-refractivity contribution in [3.8, 4) is 0 Å². The van der Waals surface area contributed by atoms with Crippen molar-refractivity contribution in [2.45, 2.75) is 47.1 Å². The molecule has 2 amide bonds. The molecule has 0 fully saturated rings. The van der Waals surface area contributed by atoms with Crippen LogP contribution >= 0.6 is 0 Å². The third-order valence-electron chi connectivity index (χ3n) is 3.03. The van der Waals surface area contributed by atoms with E-state index in [1.165, 1.54) is 0 Å². The number of urea groups is 1. The quantitative estimate of drug-likeness (QED) is 0.654. The first kappa shape index (κ1) is 16.7. The molecule has 0 saturated carbocycles. The van der Waals surface area contributed by atoms with Gasteiger partial charge in [-0.1, -0.05) is 34.6 Å². The molecule has 2 atom stereocenters. The first-order chi connectivity index (χ1) is 8.23. The summed E-state index contributed by atoms with van der Waals surface area (Å²) in [5.74, 6) is 0.0807. The van der Waals surface area contributed by atoms with Crippen LogP contribution in [0.25, 0.3) is 0 Å². The summed E-state index contributed by atoms with van der Waals surface area (Å²) >= 11 is 0. The van der Waals surface area contributed by atoms with Crippen LogP contribution in [0.5, 0.6) is 0 Å². The minimum atomic E-state index is -0.990. The van der Waals surface area contributed by atoms with E-state index in [4.69, 9.17) is 5.11 Å². The SMILES string of the molecule is CC(C)C[C@@H](NC(=O)NCC(C)C(C)C)C(=O)O. The Hall–Kier alpha value is -1.26. The minimum absolute atomic E-state index is 0.223. The number of carbonyl (C=O) groups is 2. The van der Waals surface area contributed by atoms with E-state index in [0.717, 1.165) is 0 Å². The number of hydrogen-bond donors (Lipinski definition) is 3. The summed E-state index contributed by atoms with van der Waals surface area (Å²) in [6, 6.07) is -1.23. The molecule has 0 aliphatic rings. The second-order valence-electron chi connectivity index (χ2n) is 5.60. The van der Waals surface area contributed by atoms with Gasteiger partial charge in [-0.15, -0.1) is 0 Å². The molecule has 0 radical (unpaired) electrons. The highest BCUT2D eigenvalue weighted by atomic mass is 16.4. The standard InChI is InChI=1S/C13H26N2O3/c1-8(2)6-11(12(16)17)15-13(18)14-7-10(5)9(3)4/h8-11H,6-7H2,1-5H3,(H,16,17)(H2,14,15,18)/t10?,11-/m1/s1. The molecule has 5 heteroatoms. The molecule has 0 spiro atoms. The van der Waals surface area contributed by atoms with Gasteiger partial charge in [-0.3, -0.25) is 0 Å². The van der Waals surface area contributed by atoms with Gasteiger partial charge in [0.25, 0.3) is 0 Å². The summed E-state index contributed by atoms with van der Waals surface area (Å²) in [6.07, 6.45) is 0.433. The maximum absolute atomic E-state index is 11.6. The molecule has 5 nitrogen and oxygen atoms in total. The molecule has 0 aliphatic carbocycles. The fourth-order valence-electron chi connectivity index (χ4n) is 1.39. The molecule has 0 rings (SSSR count). The van der Waals surface area contributed by atoms with Crippen molar-refractivity contribution in [3.05, 3.63) is 0 Å². The van der Waals surface area contributed by atoms with Crippen molar-refractivity contribution in [1.29, 1.82) is 0 Å². The van der Waals surface area contributed by atoms with E-state index in [2.05, 4.69) is 24.5 Å². The molecule has 0 aromatic rings. The molecule has 0 aromatic heterocycles. The summed E-state index contributed by atoms with van der Waals surface area (Å²) in [6.45, 7) is 10.6. The highest BCUT2D eigenvalue weighted by Gasteiger charge is 2.21. The lowest BCUT2D eigenvalue weighted by atomic mass is 9.98. The van der Waals surface area contributed by atoms with Gasteiger partial charge in [-0.25, -0.2) is 9.59 Å². The highest BCUT2D eigenvalue weighted by molar-refractivity contribution is 5.82. The zero-order chi connectivity index (χ0) is 14.3. The van der Waals surface area contributed by atoms with Crippen LogP contribution < -0.4 is 10.6 Å². The van der Waals surface area contributed by atoms with Crippen molar-refractivity contribution < 1.29 is 14.7 Å².